The summed E-state index contributed by atoms with van der Waals surface area (Å²) in [6.45, 7) is 11.6. The van der Waals surface area contributed by atoms with E-state index >= 15 is 0 Å². The van der Waals surface area contributed by atoms with Gasteiger partial charge in [0.2, 0.25) is 0 Å². The van der Waals surface area contributed by atoms with Gasteiger partial charge in [-0.25, -0.2) is 0 Å². The van der Waals surface area contributed by atoms with Crippen molar-refractivity contribution in [2.75, 3.05) is 6.54 Å². The zero-order chi connectivity index (χ0) is 22.3. The van der Waals surface area contributed by atoms with Crippen LogP contribution in [0.4, 0.5) is 0 Å². The molecule has 3 aromatic carbocycles. The largest absolute Gasteiger partial charge is 0.344 e. The summed E-state index contributed by atoms with van der Waals surface area (Å²) in [5.41, 5.74) is 6.13. The van der Waals surface area contributed by atoms with Gasteiger partial charge in [0.1, 0.15) is 0 Å². The van der Waals surface area contributed by atoms with E-state index in [1.807, 2.05) is 0 Å². The minimum absolute atomic E-state index is 0.0505. The van der Waals surface area contributed by atoms with E-state index < -0.39 is 0 Å². The Morgan fingerprint density at radius 1 is 0.903 bits per heavy atom. The molecule has 0 heterocycles. The molecule has 0 bridgehead atoms. The molecular weight excluding hydrogens is 376 g/mol. The van der Waals surface area contributed by atoms with Gasteiger partial charge in [0.15, 0.2) is 0 Å². The molecule has 3 rings (SSSR count). The van der Waals surface area contributed by atoms with Gasteiger partial charge in [0, 0.05) is 18.2 Å². The van der Waals surface area contributed by atoms with Crippen molar-refractivity contribution < 1.29 is 0 Å². The Balaban J connectivity index is 1.82. The second-order valence-corrected chi connectivity index (χ2v) is 8.84. The Hall–Kier alpha value is -3.13. The molecule has 0 atom stereocenters. The molecule has 0 saturated carbocycles. The molecule has 2 heteroatoms. The fourth-order valence-corrected chi connectivity index (χ4v) is 4.16. The van der Waals surface area contributed by atoms with Crippen LogP contribution < -0.4 is 5.32 Å². The van der Waals surface area contributed by atoms with E-state index in [0.717, 1.165) is 18.1 Å². The van der Waals surface area contributed by atoms with Crippen molar-refractivity contribution in [3.8, 4) is 0 Å². The molecule has 0 saturated heterocycles. The summed E-state index contributed by atoms with van der Waals surface area (Å²) in [5, 5.41) is 3.51. The van der Waals surface area contributed by atoms with E-state index in [4.69, 9.17) is 4.99 Å². The Morgan fingerprint density at radius 2 is 1.48 bits per heavy atom. The van der Waals surface area contributed by atoms with Gasteiger partial charge in [-0.1, -0.05) is 104 Å². The lowest BCUT2D eigenvalue weighted by Gasteiger charge is -2.34. The zero-order valence-corrected chi connectivity index (χ0v) is 19.4. The number of aryl methyl sites for hydroxylation is 1. The summed E-state index contributed by atoms with van der Waals surface area (Å²) in [6.07, 6.45) is 2.11. The van der Waals surface area contributed by atoms with Crippen LogP contribution in [0.3, 0.4) is 0 Å². The monoisotopic (exact) mass is 410 g/mol. The summed E-state index contributed by atoms with van der Waals surface area (Å²) in [4.78, 5) is 4.97. The van der Waals surface area contributed by atoms with Crippen molar-refractivity contribution in [1.82, 2.24) is 5.32 Å². The lowest BCUT2D eigenvalue weighted by molar-refractivity contribution is 0.330. The molecule has 0 radical (unpaired) electrons. The van der Waals surface area contributed by atoms with Crippen molar-refractivity contribution in [2.24, 2.45) is 10.4 Å². The number of benzene rings is 3. The molecule has 0 aliphatic carbocycles. The first-order valence-electron chi connectivity index (χ1n) is 11.0. The maximum absolute atomic E-state index is 4.97. The number of rotatable bonds is 7. The average molecular weight is 411 g/mol. The number of nitrogens with zero attached hydrogens (tertiary/aromatic N) is 1. The maximum Gasteiger partial charge on any atom is 0.0975 e. The van der Waals surface area contributed by atoms with Gasteiger partial charge in [-0.2, -0.15) is 0 Å². The van der Waals surface area contributed by atoms with Crippen molar-refractivity contribution >= 4 is 11.5 Å². The third-order valence-electron chi connectivity index (χ3n) is 5.70. The van der Waals surface area contributed by atoms with Crippen LogP contribution >= 0.6 is 0 Å². The molecule has 0 unspecified atom stereocenters. The molecule has 2 nitrogen and oxygen atoms in total. The first-order valence-corrected chi connectivity index (χ1v) is 11.0. The molecule has 160 valence electrons. The lowest BCUT2D eigenvalue weighted by atomic mass is 9.71. The number of nitrogens with one attached hydrogen (secondary N) is 1. The summed E-state index contributed by atoms with van der Waals surface area (Å²) in [5.74, 6) is 1.20. The summed E-state index contributed by atoms with van der Waals surface area (Å²) in [6, 6.07) is 30.1. The molecule has 31 heavy (non-hydrogen) atoms. The van der Waals surface area contributed by atoms with Gasteiger partial charge in [0.05, 0.1) is 5.84 Å². The fourth-order valence-electron chi connectivity index (χ4n) is 4.16. The number of hydrogen-bond donors (Lipinski definition) is 1. The van der Waals surface area contributed by atoms with Crippen molar-refractivity contribution in [1.29, 1.82) is 0 Å². The SMILES string of the molecule is C/C=C(\NC(C)=NCC(C)(C)C(c1ccccc1)c1ccccc1)c1cccc(C)c1. The summed E-state index contributed by atoms with van der Waals surface area (Å²) in [7, 11) is 0. The summed E-state index contributed by atoms with van der Waals surface area (Å²) >= 11 is 0. The van der Waals surface area contributed by atoms with Gasteiger partial charge < -0.3 is 5.32 Å². The van der Waals surface area contributed by atoms with Crippen LogP contribution in [0.15, 0.2) is 96.0 Å². The van der Waals surface area contributed by atoms with E-state index in [2.05, 4.69) is 131 Å². The van der Waals surface area contributed by atoms with Crippen LogP contribution in [0.1, 0.15) is 55.9 Å². The topological polar surface area (TPSA) is 24.4 Å². The highest BCUT2D eigenvalue weighted by Gasteiger charge is 2.32. The van der Waals surface area contributed by atoms with Gasteiger partial charge in [-0.05, 0) is 48.9 Å². The third-order valence-corrected chi connectivity index (χ3v) is 5.70. The molecule has 0 spiro atoms. The van der Waals surface area contributed by atoms with E-state index in [-0.39, 0.29) is 11.3 Å². The molecule has 0 aliphatic rings. The number of aliphatic imine (C=N–C) groups is 1. The molecule has 1 N–H and O–H groups in total. The highest BCUT2D eigenvalue weighted by molar-refractivity contribution is 5.89. The first-order chi connectivity index (χ1) is 14.9. The predicted octanol–water partition coefficient (Wildman–Crippen LogP) is 7.22. The normalized spacial score (nSPS) is 12.8. The first kappa shape index (κ1) is 22.6. The Labute approximate surface area is 187 Å². The highest BCUT2D eigenvalue weighted by Crippen LogP contribution is 2.41. The van der Waals surface area contributed by atoms with Gasteiger partial charge >= 0.3 is 0 Å². The lowest BCUT2D eigenvalue weighted by Crippen LogP contribution is -2.28. The number of hydrogen-bond acceptors (Lipinski definition) is 1. The highest BCUT2D eigenvalue weighted by atomic mass is 15.0. The zero-order valence-electron chi connectivity index (χ0n) is 19.4. The molecule has 0 aromatic heterocycles. The van der Waals surface area contributed by atoms with Crippen LogP contribution in [0.5, 0.6) is 0 Å². The molecule has 0 fully saturated rings. The minimum atomic E-state index is -0.0505. The average Bonchev–Trinajstić information content (AvgIpc) is 2.77. The van der Waals surface area contributed by atoms with Crippen LogP contribution in [0.2, 0.25) is 0 Å². The molecule has 3 aromatic rings. The quantitative estimate of drug-likeness (QED) is 0.323. The number of allylic oxidation sites excluding steroid dienone is 1. The van der Waals surface area contributed by atoms with Crippen molar-refractivity contribution in [3.63, 3.8) is 0 Å². The molecule has 0 aliphatic heterocycles. The fraction of sp³-hybridized carbons (Fsp3) is 0.276. The standard InChI is InChI=1S/C29H34N2/c1-6-27(26-19-13-14-22(2)20-26)31-23(3)30-21-29(4,5)28(24-15-9-7-10-16-24)25-17-11-8-12-18-25/h6-20,28H,21H2,1-5H3,(H,30,31)/b27-6-. The van der Waals surface area contributed by atoms with Gasteiger partial charge in [-0.15, -0.1) is 0 Å². The van der Waals surface area contributed by atoms with Crippen LogP contribution in [0.25, 0.3) is 5.70 Å². The Kier molecular flexibility index (Phi) is 7.46. The van der Waals surface area contributed by atoms with Crippen LogP contribution in [-0.2, 0) is 0 Å². The van der Waals surface area contributed by atoms with Crippen molar-refractivity contribution in [2.45, 2.75) is 40.5 Å². The smallest absolute Gasteiger partial charge is 0.0975 e. The molecular formula is C29H34N2. The van der Waals surface area contributed by atoms with Crippen LogP contribution in [0, 0.1) is 12.3 Å². The summed E-state index contributed by atoms with van der Waals surface area (Å²) < 4.78 is 0. The second kappa shape index (κ2) is 10.3. The van der Waals surface area contributed by atoms with Gasteiger partial charge in [-0.3, -0.25) is 4.99 Å². The third kappa shape index (κ3) is 5.95. The van der Waals surface area contributed by atoms with E-state index in [9.17, 15) is 0 Å². The minimum Gasteiger partial charge on any atom is -0.344 e. The van der Waals surface area contributed by atoms with E-state index in [1.165, 1.54) is 22.3 Å². The van der Waals surface area contributed by atoms with Crippen LogP contribution in [-0.4, -0.2) is 12.4 Å². The molecule has 0 amide bonds. The maximum atomic E-state index is 4.97. The predicted molar refractivity (Wildman–Crippen MR) is 134 cm³/mol. The Bertz CT molecular complexity index is 991. The number of amidine groups is 1. The van der Waals surface area contributed by atoms with E-state index in [0.29, 0.717) is 0 Å². The Morgan fingerprint density at radius 3 is 2.00 bits per heavy atom. The van der Waals surface area contributed by atoms with Gasteiger partial charge in [0.25, 0.3) is 0 Å². The van der Waals surface area contributed by atoms with Crippen molar-refractivity contribution in [3.05, 3.63) is 113 Å². The second-order valence-electron chi connectivity index (χ2n) is 8.84. The van der Waals surface area contributed by atoms with E-state index in [1.54, 1.807) is 0 Å².